The van der Waals surface area contributed by atoms with Crippen LogP contribution in [-0.2, 0) is 0 Å². The maximum atomic E-state index is 2.39. The van der Waals surface area contributed by atoms with E-state index in [0.717, 1.165) is 0 Å². The summed E-state index contributed by atoms with van der Waals surface area (Å²) < 4.78 is 0. The van der Waals surface area contributed by atoms with Crippen LogP contribution in [0.4, 0.5) is 0 Å². The molecule has 0 radical (unpaired) electrons. The maximum absolute atomic E-state index is 2.39. The van der Waals surface area contributed by atoms with Gasteiger partial charge >= 0.3 is 0 Å². The van der Waals surface area contributed by atoms with Crippen molar-refractivity contribution in [3.05, 3.63) is 107 Å². The van der Waals surface area contributed by atoms with E-state index in [1.165, 1.54) is 50.1 Å². The second-order valence-corrected chi connectivity index (χ2v) is 8.93. The fraction of sp³-hybridized carbons (Fsp3) is 0.241. The Morgan fingerprint density at radius 2 is 1.10 bits per heavy atom. The summed E-state index contributed by atoms with van der Waals surface area (Å²) in [4.78, 5) is 0. The van der Waals surface area contributed by atoms with E-state index < -0.39 is 0 Å². The van der Waals surface area contributed by atoms with Gasteiger partial charge in [0.1, 0.15) is 0 Å². The van der Waals surface area contributed by atoms with Crippen molar-refractivity contribution in [2.45, 2.75) is 45.4 Å². The van der Waals surface area contributed by atoms with Crippen LogP contribution < -0.4 is 0 Å². The Labute approximate surface area is 174 Å². The summed E-state index contributed by atoms with van der Waals surface area (Å²) in [5, 5.41) is 0. The van der Waals surface area contributed by atoms with E-state index in [-0.39, 0.29) is 0 Å². The average Bonchev–Trinajstić information content (AvgIpc) is 3.18. The van der Waals surface area contributed by atoms with Gasteiger partial charge in [0.15, 0.2) is 0 Å². The summed E-state index contributed by atoms with van der Waals surface area (Å²) in [6, 6.07) is 24.8. The lowest BCUT2D eigenvalue weighted by Crippen LogP contribution is -2.12. The van der Waals surface area contributed by atoms with Crippen LogP contribution in [0.3, 0.4) is 0 Å². The van der Waals surface area contributed by atoms with Gasteiger partial charge in [0, 0.05) is 5.92 Å². The van der Waals surface area contributed by atoms with Gasteiger partial charge in [-0.05, 0) is 61.9 Å². The molecule has 0 amide bonds. The van der Waals surface area contributed by atoms with Crippen molar-refractivity contribution in [2.24, 2.45) is 0 Å². The van der Waals surface area contributed by atoms with Crippen LogP contribution in [-0.4, -0.2) is 0 Å². The molecule has 0 saturated heterocycles. The van der Waals surface area contributed by atoms with Crippen molar-refractivity contribution in [1.82, 2.24) is 0 Å². The number of rotatable bonds is 3. The van der Waals surface area contributed by atoms with Gasteiger partial charge in [-0.3, -0.25) is 0 Å². The smallest absolute Gasteiger partial charge is 0.0358 e. The van der Waals surface area contributed by atoms with Crippen molar-refractivity contribution in [1.29, 1.82) is 0 Å². The molecule has 0 N–H and O–H groups in total. The summed E-state index contributed by atoms with van der Waals surface area (Å²) in [6.45, 7) is 9.27. The minimum Gasteiger partial charge on any atom is -0.0619 e. The Hall–Kier alpha value is -2.86. The van der Waals surface area contributed by atoms with Gasteiger partial charge in [-0.1, -0.05) is 107 Å². The molecule has 0 aromatic heterocycles. The first-order chi connectivity index (χ1) is 14.1. The third-order valence-electron chi connectivity index (χ3n) is 6.53. The van der Waals surface area contributed by atoms with E-state index >= 15 is 0 Å². The highest BCUT2D eigenvalue weighted by Gasteiger charge is 2.35. The van der Waals surface area contributed by atoms with Gasteiger partial charge < -0.3 is 0 Å². The fourth-order valence-corrected chi connectivity index (χ4v) is 5.20. The van der Waals surface area contributed by atoms with Crippen molar-refractivity contribution in [3.63, 3.8) is 0 Å². The summed E-state index contributed by atoms with van der Waals surface area (Å²) in [5.41, 5.74) is 12.9. The maximum Gasteiger partial charge on any atom is 0.0358 e. The molecule has 1 unspecified atom stereocenters. The Morgan fingerprint density at radius 1 is 0.552 bits per heavy atom. The summed E-state index contributed by atoms with van der Waals surface area (Å²) >= 11 is 0. The minimum atomic E-state index is 0.318. The highest BCUT2D eigenvalue weighted by molar-refractivity contribution is 6.02. The molecule has 2 aliphatic rings. The summed E-state index contributed by atoms with van der Waals surface area (Å²) in [6.07, 6.45) is 4.77. The molecule has 0 aliphatic heterocycles. The third kappa shape index (κ3) is 2.74. The molecule has 0 bridgehead atoms. The van der Waals surface area contributed by atoms with Crippen molar-refractivity contribution >= 4 is 11.1 Å². The molecule has 0 heterocycles. The first-order valence-electron chi connectivity index (χ1n) is 10.8. The minimum absolute atomic E-state index is 0.318. The number of hydrogen-bond acceptors (Lipinski definition) is 0. The Morgan fingerprint density at radius 3 is 1.76 bits per heavy atom. The monoisotopic (exact) mass is 376 g/mol. The van der Waals surface area contributed by atoms with E-state index in [2.05, 4.69) is 107 Å². The molecular weight excluding hydrogens is 348 g/mol. The number of benzene rings is 3. The second kappa shape index (κ2) is 6.88. The largest absolute Gasteiger partial charge is 0.0619 e. The van der Waals surface area contributed by atoms with E-state index in [1.54, 1.807) is 0 Å². The van der Waals surface area contributed by atoms with E-state index in [4.69, 9.17) is 0 Å². The molecule has 0 nitrogen and oxygen atoms in total. The van der Waals surface area contributed by atoms with Crippen molar-refractivity contribution in [3.8, 4) is 11.1 Å². The van der Waals surface area contributed by atoms with Crippen LogP contribution in [0.2, 0.25) is 0 Å². The molecule has 2 aliphatic carbocycles. The SMILES string of the molecule is CC(C)c1cccc(C(C)C)c1C1=CC=C2c3ccccc3-c3ccccc3C21. The fourth-order valence-electron chi connectivity index (χ4n) is 5.20. The topological polar surface area (TPSA) is 0 Å². The molecule has 0 saturated carbocycles. The molecule has 144 valence electrons. The standard InChI is InChI=1S/C29H28/c1-18(2)20-14-9-15-21(19(3)4)28(20)27-17-16-26-24-12-6-5-10-22(24)23-11-7-8-13-25(23)29(26)27/h5-19,29H,1-4H3. The van der Waals surface area contributed by atoms with Gasteiger partial charge in [-0.15, -0.1) is 0 Å². The molecule has 3 aromatic rings. The number of hydrogen-bond donors (Lipinski definition) is 0. The van der Waals surface area contributed by atoms with Crippen LogP contribution >= 0.6 is 0 Å². The van der Waals surface area contributed by atoms with Crippen molar-refractivity contribution in [2.75, 3.05) is 0 Å². The van der Waals surface area contributed by atoms with Crippen LogP contribution in [0.1, 0.15) is 73.3 Å². The van der Waals surface area contributed by atoms with Gasteiger partial charge in [0.25, 0.3) is 0 Å². The normalized spacial score (nSPS) is 17.0. The zero-order chi connectivity index (χ0) is 20.1. The Bertz CT molecular complexity index is 1130. The number of fused-ring (bicyclic) bond motifs is 6. The van der Waals surface area contributed by atoms with Crippen LogP contribution in [0.5, 0.6) is 0 Å². The van der Waals surface area contributed by atoms with Gasteiger partial charge in [-0.2, -0.15) is 0 Å². The molecule has 0 spiro atoms. The number of allylic oxidation sites excluding steroid dienone is 4. The highest BCUT2D eigenvalue weighted by atomic mass is 14.4. The lowest BCUT2D eigenvalue weighted by atomic mass is 9.71. The molecular formula is C29H28. The van der Waals surface area contributed by atoms with Crippen LogP contribution in [0.15, 0.2) is 78.9 Å². The van der Waals surface area contributed by atoms with Gasteiger partial charge in [0.05, 0.1) is 0 Å². The van der Waals surface area contributed by atoms with Gasteiger partial charge in [-0.25, -0.2) is 0 Å². The van der Waals surface area contributed by atoms with E-state index in [0.29, 0.717) is 17.8 Å². The van der Waals surface area contributed by atoms with Crippen LogP contribution in [0, 0.1) is 0 Å². The first-order valence-corrected chi connectivity index (χ1v) is 10.8. The van der Waals surface area contributed by atoms with E-state index in [9.17, 15) is 0 Å². The zero-order valence-corrected chi connectivity index (χ0v) is 17.7. The molecule has 1 atom stereocenters. The predicted molar refractivity (Wildman–Crippen MR) is 125 cm³/mol. The summed E-state index contributed by atoms with van der Waals surface area (Å²) in [7, 11) is 0. The lowest BCUT2D eigenvalue weighted by Gasteiger charge is -2.32. The lowest BCUT2D eigenvalue weighted by molar-refractivity contribution is 0.824. The summed E-state index contributed by atoms with van der Waals surface area (Å²) in [5.74, 6) is 1.32. The highest BCUT2D eigenvalue weighted by Crippen LogP contribution is 2.55. The first kappa shape index (κ1) is 18.2. The third-order valence-corrected chi connectivity index (χ3v) is 6.53. The van der Waals surface area contributed by atoms with Crippen molar-refractivity contribution < 1.29 is 0 Å². The Balaban J connectivity index is 1.76. The molecule has 5 rings (SSSR count). The average molecular weight is 377 g/mol. The van der Waals surface area contributed by atoms with E-state index in [1.807, 2.05) is 0 Å². The van der Waals surface area contributed by atoms with Crippen LogP contribution in [0.25, 0.3) is 22.3 Å². The molecule has 0 heteroatoms. The second-order valence-electron chi connectivity index (χ2n) is 8.93. The quantitative estimate of drug-likeness (QED) is 0.432. The van der Waals surface area contributed by atoms with Gasteiger partial charge in [0.2, 0.25) is 0 Å². The predicted octanol–water partition coefficient (Wildman–Crippen LogP) is 8.18. The molecule has 0 fully saturated rings. The Kier molecular flexibility index (Phi) is 4.32. The zero-order valence-electron chi connectivity index (χ0n) is 17.7. The molecule has 29 heavy (non-hydrogen) atoms. The molecule has 3 aromatic carbocycles.